The molecule has 1 heteroatoms. The predicted molar refractivity (Wildman–Crippen MR) is 73.4 cm³/mol. The second-order valence-corrected chi connectivity index (χ2v) is 4.73. The van der Waals surface area contributed by atoms with E-state index in [1.807, 2.05) is 6.07 Å². The van der Waals surface area contributed by atoms with Gasteiger partial charge in [0, 0.05) is 0 Å². The third-order valence-corrected chi connectivity index (χ3v) is 3.23. The molecular formula is C16H25O. The molecule has 1 radical (unpaired) electrons. The Labute approximate surface area is 106 Å². The highest BCUT2D eigenvalue weighted by molar-refractivity contribution is 5.38. The van der Waals surface area contributed by atoms with Gasteiger partial charge < -0.3 is 5.11 Å². The number of aryl methyl sites for hydroxylation is 1. The predicted octanol–water partition coefficient (Wildman–Crippen LogP) is 4.66. The molecule has 1 nitrogen and oxygen atoms in total. The van der Waals surface area contributed by atoms with Crippen LogP contribution in [0.4, 0.5) is 0 Å². The average molecular weight is 233 g/mol. The minimum atomic E-state index is 0.464. The van der Waals surface area contributed by atoms with Gasteiger partial charge in [0.15, 0.2) is 0 Å². The fourth-order valence-electron chi connectivity index (χ4n) is 2.17. The van der Waals surface area contributed by atoms with Crippen molar-refractivity contribution >= 4 is 0 Å². The molecule has 0 aliphatic carbocycles. The first-order chi connectivity index (χ1) is 8.29. The number of rotatable bonds is 8. The molecule has 0 saturated carbocycles. The fourth-order valence-corrected chi connectivity index (χ4v) is 2.17. The van der Waals surface area contributed by atoms with E-state index in [4.69, 9.17) is 0 Å². The molecule has 1 rings (SSSR count). The van der Waals surface area contributed by atoms with Gasteiger partial charge in [-0.1, -0.05) is 45.6 Å². The molecule has 0 saturated heterocycles. The van der Waals surface area contributed by atoms with Crippen LogP contribution in [0.15, 0.2) is 12.1 Å². The van der Waals surface area contributed by atoms with Crippen molar-refractivity contribution in [1.29, 1.82) is 0 Å². The monoisotopic (exact) mass is 233 g/mol. The van der Waals surface area contributed by atoms with Crippen molar-refractivity contribution in [3.63, 3.8) is 0 Å². The summed E-state index contributed by atoms with van der Waals surface area (Å²) >= 11 is 0. The van der Waals surface area contributed by atoms with Crippen LogP contribution < -0.4 is 0 Å². The van der Waals surface area contributed by atoms with E-state index in [0.29, 0.717) is 5.75 Å². The summed E-state index contributed by atoms with van der Waals surface area (Å²) in [5.74, 6) is 0.464. The number of phenolic OH excluding ortho intramolecular Hbond substituents is 1. The Morgan fingerprint density at radius 3 is 2.29 bits per heavy atom. The largest absolute Gasteiger partial charge is 0.508 e. The van der Waals surface area contributed by atoms with Crippen molar-refractivity contribution in [2.45, 2.75) is 65.2 Å². The van der Waals surface area contributed by atoms with Crippen molar-refractivity contribution in [3.05, 3.63) is 29.3 Å². The van der Waals surface area contributed by atoms with E-state index in [-0.39, 0.29) is 0 Å². The number of phenols is 1. The number of unbranched alkanes of at least 4 members (excludes halogenated alkanes) is 4. The van der Waals surface area contributed by atoms with Crippen LogP contribution >= 0.6 is 0 Å². The van der Waals surface area contributed by atoms with Gasteiger partial charge in [0.25, 0.3) is 0 Å². The molecule has 17 heavy (non-hydrogen) atoms. The first-order valence-electron chi connectivity index (χ1n) is 7.01. The Morgan fingerprint density at radius 2 is 1.65 bits per heavy atom. The van der Waals surface area contributed by atoms with E-state index in [9.17, 15) is 5.11 Å². The van der Waals surface area contributed by atoms with Gasteiger partial charge in [-0.3, -0.25) is 0 Å². The van der Waals surface area contributed by atoms with Gasteiger partial charge in [0.05, 0.1) is 0 Å². The summed E-state index contributed by atoms with van der Waals surface area (Å²) in [6.45, 7) is 4.42. The van der Waals surface area contributed by atoms with Gasteiger partial charge >= 0.3 is 0 Å². The highest BCUT2D eigenvalue weighted by atomic mass is 16.3. The van der Waals surface area contributed by atoms with E-state index >= 15 is 0 Å². The highest BCUT2D eigenvalue weighted by Crippen LogP contribution is 2.24. The zero-order valence-corrected chi connectivity index (χ0v) is 11.3. The van der Waals surface area contributed by atoms with Crippen LogP contribution in [0.5, 0.6) is 5.75 Å². The molecular weight excluding hydrogens is 208 g/mol. The molecule has 1 N–H and O–H groups in total. The number of hydrogen-bond donors (Lipinski definition) is 1. The van der Waals surface area contributed by atoms with Crippen molar-refractivity contribution in [2.75, 3.05) is 0 Å². The normalized spacial score (nSPS) is 10.7. The molecule has 1 aromatic rings. The Hall–Kier alpha value is -0.980. The number of hydrogen-bond acceptors (Lipinski definition) is 1. The molecule has 0 bridgehead atoms. The van der Waals surface area contributed by atoms with Crippen molar-refractivity contribution < 1.29 is 5.11 Å². The summed E-state index contributed by atoms with van der Waals surface area (Å²) in [6, 6.07) is 6.92. The zero-order chi connectivity index (χ0) is 12.5. The highest BCUT2D eigenvalue weighted by Gasteiger charge is 2.07. The molecule has 0 aromatic heterocycles. The van der Waals surface area contributed by atoms with Gasteiger partial charge in [0.1, 0.15) is 5.75 Å². The molecule has 0 spiro atoms. The lowest BCUT2D eigenvalue weighted by molar-refractivity contribution is 0.465. The minimum Gasteiger partial charge on any atom is -0.508 e. The van der Waals surface area contributed by atoms with Gasteiger partial charge in [-0.25, -0.2) is 0 Å². The third kappa shape index (κ3) is 4.80. The van der Waals surface area contributed by atoms with Crippen LogP contribution in [0.2, 0.25) is 0 Å². The maximum atomic E-state index is 9.93. The standard InChI is InChI=1S/C16H25O/c1-3-5-7-10-14-11-9-13-16(17)15(14)12-8-6-4-2/h9,13,17H,3-8,10,12H2,1-2H3. The van der Waals surface area contributed by atoms with E-state index in [0.717, 1.165) is 18.4 Å². The van der Waals surface area contributed by atoms with Crippen molar-refractivity contribution in [2.24, 2.45) is 0 Å². The second-order valence-electron chi connectivity index (χ2n) is 4.73. The molecule has 0 heterocycles. The molecule has 0 amide bonds. The van der Waals surface area contributed by atoms with E-state index in [1.54, 1.807) is 6.07 Å². The first-order valence-corrected chi connectivity index (χ1v) is 7.01. The summed E-state index contributed by atoms with van der Waals surface area (Å²) in [5.41, 5.74) is 2.37. The average Bonchev–Trinajstić information content (AvgIpc) is 2.33. The number of benzene rings is 1. The Morgan fingerprint density at radius 1 is 1.00 bits per heavy atom. The van der Waals surface area contributed by atoms with Gasteiger partial charge in [-0.05, 0) is 48.9 Å². The first kappa shape index (κ1) is 14.1. The topological polar surface area (TPSA) is 20.2 Å². The Balaban J connectivity index is 2.63. The van der Waals surface area contributed by atoms with Crippen LogP contribution in [0.3, 0.4) is 0 Å². The Bertz CT molecular complexity index is 317. The summed E-state index contributed by atoms with van der Waals surface area (Å²) in [6.07, 6.45) is 9.40. The fraction of sp³-hybridized carbons (Fsp3) is 0.625. The SMILES string of the molecule is CCCCCc1[c]ccc(O)c1CCCCC. The quantitative estimate of drug-likeness (QED) is 0.648. The van der Waals surface area contributed by atoms with Gasteiger partial charge in [-0.15, -0.1) is 0 Å². The molecule has 0 aliphatic rings. The maximum absolute atomic E-state index is 9.93. The van der Waals surface area contributed by atoms with E-state index in [1.165, 1.54) is 44.1 Å². The molecule has 0 atom stereocenters. The summed E-state index contributed by atoms with van der Waals surface area (Å²) in [7, 11) is 0. The van der Waals surface area contributed by atoms with Crippen LogP contribution in [-0.2, 0) is 12.8 Å². The summed E-state index contributed by atoms with van der Waals surface area (Å²) in [4.78, 5) is 0. The third-order valence-electron chi connectivity index (χ3n) is 3.23. The lowest BCUT2D eigenvalue weighted by atomic mass is 9.96. The van der Waals surface area contributed by atoms with Crippen LogP contribution in [0.25, 0.3) is 0 Å². The molecule has 0 fully saturated rings. The maximum Gasteiger partial charge on any atom is 0.119 e. The molecule has 0 aliphatic heterocycles. The Kier molecular flexibility index (Phi) is 6.76. The summed E-state index contributed by atoms with van der Waals surface area (Å²) < 4.78 is 0. The lowest BCUT2D eigenvalue weighted by Gasteiger charge is -2.10. The molecule has 95 valence electrons. The molecule has 1 aromatic carbocycles. The number of aromatic hydroxyl groups is 1. The van der Waals surface area contributed by atoms with E-state index < -0.39 is 0 Å². The van der Waals surface area contributed by atoms with Crippen LogP contribution in [0.1, 0.15) is 63.5 Å². The van der Waals surface area contributed by atoms with Crippen LogP contribution in [0, 0.1) is 6.07 Å². The second kappa shape index (κ2) is 8.16. The van der Waals surface area contributed by atoms with Crippen LogP contribution in [-0.4, -0.2) is 5.11 Å². The summed E-state index contributed by atoms with van der Waals surface area (Å²) in [5, 5.41) is 9.93. The zero-order valence-electron chi connectivity index (χ0n) is 11.3. The lowest BCUT2D eigenvalue weighted by Crippen LogP contribution is -1.96. The smallest absolute Gasteiger partial charge is 0.119 e. The van der Waals surface area contributed by atoms with Crippen molar-refractivity contribution in [1.82, 2.24) is 0 Å². The van der Waals surface area contributed by atoms with Gasteiger partial charge in [0.2, 0.25) is 0 Å². The minimum absolute atomic E-state index is 0.464. The van der Waals surface area contributed by atoms with E-state index in [2.05, 4.69) is 19.9 Å². The molecule has 0 unspecified atom stereocenters. The van der Waals surface area contributed by atoms with Gasteiger partial charge in [-0.2, -0.15) is 0 Å². The van der Waals surface area contributed by atoms with Crippen molar-refractivity contribution in [3.8, 4) is 5.75 Å².